The molecule has 0 heterocycles. The van der Waals surface area contributed by atoms with Crippen LogP contribution < -0.4 is 5.32 Å². The van der Waals surface area contributed by atoms with Gasteiger partial charge in [-0.1, -0.05) is 24.3 Å². The first-order valence-corrected chi connectivity index (χ1v) is 8.38. The molecule has 3 rings (SSSR count). The lowest BCUT2D eigenvalue weighted by Gasteiger charge is -2.23. The molecule has 1 fully saturated rings. The number of carboxylic acid groups (broad SMARTS) is 1. The molecule has 1 saturated carbocycles. The predicted octanol–water partition coefficient (Wildman–Crippen LogP) is 1.78. The maximum atomic E-state index is 12.6. The van der Waals surface area contributed by atoms with Crippen molar-refractivity contribution in [1.29, 1.82) is 0 Å². The minimum atomic E-state index is -0.908. The maximum absolute atomic E-state index is 12.6. The van der Waals surface area contributed by atoms with Gasteiger partial charge < -0.3 is 15.3 Å². The Kier molecular flexibility index (Phi) is 4.61. The first-order chi connectivity index (χ1) is 11.9. The minimum Gasteiger partial charge on any atom is -0.481 e. The molecule has 25 heavy (non-hydrogen) atoms. The average Bonchev–Trinajstić information content (AvgIpc) is 3.17. The fraction of sp³-hybridized carbons (Fsp3) is 0.421. The lowest BCUT2D eigenvalue weighted by molar-refractivity contribution is -0.146. The Morgan fingerprint density at radius 1 is 1.08 bits per heavy atom. The van der Waals surface area contributed by atoms with Gasteiger partial charge in [0.1, 0.15) is 0 Å². The van der Waals surface area contributed by atoms with Gasteiger partial charge in [0.15, 0.2) is 0 Å². The zero-order chi connectivity index (χ0) is 18.1. The van der Waals surface area contributed by atoms with Gasteiger partial charge in [-0.25, -0.2) is 0 Å². The fourth-order valence-corrected chi connectivity index (χ4v) is 3.78. The van der Waals surface area contributed by atoms with Crippen molar-refractivity contribution in [2.24, 2.45) is 23.7 Å². The van der Waals surface area contributed by atoms with Gasteiger partial charge in [0.2, 0.25) is 11.8 Å². The largest absolute Gasteiger partial charge is 0.481 e. The summed E-state index contributed by atoms with van der Waals surface area (Å²) in [4.78, 5) is 37.4. The van der Waals surface area contributed by atoms with E-state index in [1.165, 1.54) is 4.90 Å². The van der Waals surface area contributed by atoms with Crippen LogP contribution >= 0.6 is 0 Å². The van der Waals surface area contributed by atoms with Crippen molar-refractivity contribution in [3.05, 3.63) is 42.0 Å². The predicted molar refractivity (Wildman–Crippen MR) is 92.8 cm³/mol. The number of fused-ring (bicyclic) bond motifs is 2. The van der Waals surface area contributed by atoms with Crippen molar-refractivity contribution in [3.8, 4) is 0 Å². The van der Waals surface area contributed by atoms with Crippen LogP contribution in [0.25, 0.3) is 0 Å². The number of carboxylic acids is 1. The maximum Gasteiger partial charge on any atom is 0.307 e. The van der Waals surface area contributed by atoms with Crippen LogP contribution in [0.15, 0.2) is 36.4 Å². The number of carbonyl (C=O) groups excluding carboxylic acids is 2. The van der Waals surface area contributed by atoms with Crippen LogP contribution in [0, 0.1) is 23.7 Å². The number of carbonyl (C=O) groups is 3. The van der Waals surface area contributed by atoms with E-state index in [1.807, 2.05) is 12.2 Å². The second-order valence-corrected chi connectivity index (χ2v) is 6.99. The summed E-state index contributed by atoms with van der Waals surface area (Å²) in [5.41, 5.74) is 1.48. The SMILES string of the molecule is CN(C)C(=O)Cc1ccc(NC(=O)C2C3C=CC(C3)C2C(=O)O)cc1. The molecule has 4 unspecified atom stereocenters. The highest BCUT2D eigenvalue weighted by atomic mass is 16.4. The normalized spacial score (nSPS) is 26.5. The number of amides is 2. The third-order valence-corrected chi connectivity index (χ3v) is 5.12. The highest BCUT2D eigenvalue weighted by Gasteiger charge is 2.51. The summed E-state index contributed by atoms with van der Waals surface area (Å²) in [5, 5.41) is 12.3. The number of aliphatic carboxylic acids is 1. The van der Waals surface area contributed by atoms with Crippen molar-refractivity contribution >= 4 is 23.5 Å². The van der Waals surface area contributed by atoms with E-state index in [0.717, 1.165) is 12.0 Å². The number of rotatable bonds is 5. The van der Waals surface area contributed by atoms with Crippen LogP contribution in [0.1, 0.15) is 12.0 Å². The van der Waals surface area contributed by atoms with E-state index in [0.29, 0.717) is 12.1 Å². The lowest BCUT2D eigenvalue weighted by Crippen LogP contribution is -2.36. The molecule has 0 saturated heterocycles. The first-order valence-electron chi connectivity index (χ1n) is 8.38. The molecule has 6 heteroatoms. The van der Waals surface area contributed by atoms with Crippen molar-refractivity contribution in [2.75, 3.05) is 19.4 Å². The first kappa shape index (κ1) is 17.2. The highest BCUT2D eigenvalue weighted by molar-refractivity contribution is 5.96. The van der Waals surface area contributed by atoms with Gasteiger partial charge in [0, 0.05) is 19.8 Å². The zero-order valence-corrected chi connectivity index (χ0v) is 14.3. The third-order valence-electron chi connectivity index (χ3n) is 5.12. The number of nitrogens with zero attached hydrogens (tertiary/aromatic N) is 1. The number of likely N-dealkylation sites (N-methyl/N-ethyl adjacent to an activating group) is 1. The van der Waals surface area contributed by atoms with Gasteiger partial charge >= 0.3 is 5.97 Å². The van der Waals surface area contributed by atoms with Crippen molar-refractivity contribution < 1.29 is 19.5 Å². The molecule has 1 aromatic carbocycles. The molecule has 2 bridgehead atoms. The monoisotopic (exact) mass is 342 g/mol. The summed E-state index contributed by atoms with van der Waals surface area (Å²) >= 11 is 0. The Labute approximate surface area is 146 Å². The van der Waals surface area contributed by atoms with Crippen LogP contribution in [-0.2, 0) is 20.8 Å². The highest BCUT2D eigenvalue weighted by Crippen LogP contribution is 2.48. The van der Waals surface area contributed by atoms with Gasteiger partial charge in [0.05, 0.1) is 18.3 Å². The van der Waals surface area contributed by atoms with E-state index in [1.54, 1.807) is 38.4 Å². The number of anilines is 1. The van der Waals surface area contributed by atoms with E-state index >= 15 is 0 Å². The topological polar surface area (TPSA) is 86.7 Å². The van der Waals surface area contributed by atoms with Gasteiger partial charge in [-0.05, 0) is 36.0 Å². The standard InChI is InChI=1S/C19H22N2O4/c1-21(2)15(22)9-11-3-7-14(8-4-11)20-18(23)16-12-5-6-13(10-12)17(16)19(24)25/h3-8,12-13,16-17H,9-10H2,1-2H3,(H,20,23)(H,24,25). The molecule has 0 spiro atoms. The minimum absolute atomic E-state index is 0.00286. The summed E-state index contributed by atoms with van der Waals surface area (Å²) < 4.78 is 0. The number of allylic oxidation sites excluding steroid dienone is 2. The van der Waals surface area contributed by atoms with Crippen molar-refractivity contribution in [1.82, 2.24) is 4.90 Å². The van der Waals surface area contributed by atoms with Crippen LogP contribution in [0.2, 0.25) is 0 Å². The molecule has 1 aromatic rings. The number of hydrogen-bond donors (Lipinski definition) is 2. The molecule has 0 aliphatic heterocycles. The number of hydrogen-bond acceptors (Lipinski definition) is 3. The molecule has 0 radical (unpaired) electrons. The van der Waals surface area contributed by atoms with Gasteiger partial charge in [0.25, 0.3) is 0 Å². The lowest BCUT2D eigenvalue weighted by atomic mass is 9.82. The van der Waals surface area contributed by atoms with E-state index in [9.17, 15) is 19.5 Å². The molecule has 0 aromatic heterocycles. The third kappa shape index (κ3) is 3.43. The van der Waals surface area contributed by atoms with E-state index in [-0.39, 0.29) is 23.7 Å². The Hall–Kier alpha value is -2.63. The molecule has 4 atom stereocenters. The Bertz CT molecular complexity index is 723. The van der Waals surface area contributed by atoms with Crippen LogP contribution in [0.5, 0.6) is 0 Å². The molecule has 6 nitrogen and oxygen atoms in total. The molecular weight excluding hydrogens is 320 g/mol. The van der Waals surface area contributed by atoms with Crippen molar-refractivity contribution in [3.63, 3.8) is 0 Å². The molecule has 2 aliphatic rings. The Balaban J connectivity index is 1.66. The van der Waals surface area contributed by atoms with Crippen LogP contribution in [0.3, 0.4) is 0 Å². The number of benzene rings is 1. The summed E-state index contributed by atoms with van der Waals surface area (Å²) in [6.45, 7) is 0. The zero-order valence-electron chi connectivity index (χ0n) is 14.3. The molecule has 2 N–H and O–H groups in total. The van der Waals surface area contributed by atoms with E-state index in [4.69, 9.17) is 0 Å². The van der Waals surface area contributed by atoms with Crippen molar-refractivity contribution in [2.45, 2.75) is 12.8 Å². The molecular formula is C19H22N2O4. The molecule has 2 aliphatic carbocycles. The summed E-state index contributed by atoms with van der Waals surface area (Å²) in [6, 6.07) is 7.09. The van der Waals surface area contributed by atoms with E-state index < -0.39 is 17.8 Å². The van der Waals surface area contributed by atoms with Crippen LogP contribution in [0.4, 0.5) is 5.69 Å². The van der Waals surface area contributed by atoms with E-state index in [2.05, 4.69) is 5.32 Å². The van der Waals surface area contributed by atoms with Gasteiger partial charge in [-0.15, -0.1) is 0 Å². The smallest absolute Gasteiger partial charge is 0.307 e. The molecule has 132 valence electrons. The van der Waals surface area contributed by atoms with Gasteiger partial charge in [-0.3, -0.25) is 14.4 Å². The summed E-state index contributed by atoms with van der Waals surface area (Å²) in [5.74, 6) is -2.36. The average molecular weight is 342 g/mol. The fourth-order valence-electron chi connectivity index (χ4n) is 3.78. The second-order valence-electron chi connectivity index (χ2n) is 6.99. The Morgan fingerprint density at radius 3 is 2.24 bits per heavy atom. The van der Waals surface area contributed by atoms with Gasteiger partial charge in [-0.2, -0.15) is 0 Å². The number of nitrogens with one attached hydrogen (secondary N) is 1. The van der Waals surface area contributed by atoms with Crippen LogP contribution in [-0.4, -0.2) is 41.9 Å². The quantitative estimate of drug-likeness (QED) is 0.799. The second kappa shape index (κ2) is 6.70. The molecule has 2 amide bonds. The summed E-state index contributed by atoms with van der Waals surface area (Å²) in [6.07, 6.45) is 4.92. The summed E-state index contributed by atoms with van der Waals surface area (Å²) in [7, 11) is 3.42. The Morgan fingerprint density at radius 2 is 1.68 bits per heavy atom.